The van der Waals surface area contributed by atoms with Crippen molar-refractivity contribution in [2.75, 3.05) is 13.7 Å². The van der Waals surface area contributed by atoms with Crippen LogP contribution in [0.1, 0.15) is 13.8 Å². The third-order valence-electron chi connectivity index (χ3n) is 2.87. The molecule has 0 amide bonds. The van der Waals surface area contributed by atoms with Gasteiger partial charge in [-0.2, -0.15) is 0 Å². The van der Waals surface area contributed by atoms with Gasteiger partial charge < -0.3 is 29.2 Å². The average molecular weight is 234 g/mol. The zero-order valence-electron chi connectivity index (χ0n) is 9.62. The largest absolute Gasteiger partial charge is 0.394 e. The van der Waals surface area contributed by atoms with E-state index in [9.17, 15) is 5.11 Å². The Balaban J connectivity index is 2.18. The van der Waals surface area contributed by atoms with Crippen LogP contribution in [-0.2, 0) is 18.9 Å². The first-order chi connectivity index (χ1) is 7.48. The highest BCUT2D eigenvalue weighted by Gasteiger charge is 2.54. The van der Waals surface area contributed by atoms with Gasteiger partial charge in [0.15, 0.2) is 12.1 Å². The molecule has 2 fully saturated rings. The van der Waals surface area contributed by atoms with E-state index in [4.69, 9.17) is 24.1 Å². The molecule has 2 N–H and O–H groups in total. The van der Waals surface area contributed by atoms with E-state index in [2.05, 4.69) is 0 Å². The molecule has 6 nitrogen and oxygen atoms in total. The molecule has 2 aliphatic rings. The molecule has 5 atom stereocenters. The molecule has 94 valence electrons. The third-order valence-corrected chi connectivity index (χ3v) is 2.87. The van der Waals surface area contributed by atoms with Gasteiger partial charge in [0.2, 0.25) is 0 Å². The van der Waals surface area contributed by atoms with Crippen LogP contribution in [0, 0.1) is 0 Å². The van der Waals surface area contributed by atoms with E-state index in [1.807, 2.05) is 0 Å². The number of fused-ring (bicyclic) bond motifs is 1. The fourth-order valence-corrected chi connectivity index (χ4v) is 2.17. The number of hydrogen-bond acceptors (Lipinski definition) is 6. The molecule has 0 saturated carbocycles. The summed E-state index contributed by atoms with van der Waals surface area (Å²) < 4.78 is 21.7. The SMILES string of the molecule is CO[C@H]1OC(CO)[C@@H](O)C2OC(C)(C)O[C@@H]21. The van der Waals surface area contributed by atoms with Crippen LogP contribution in [0.25, 0.3) is 0 Å². The van der Waals surface area contributed by atoms with Gasteiger partial charge in [-0.25, -0.2) is 0 Å². The second-order valence-corrected chi connectivity index (χ2v) is 4.52. The van der Waals surface area contributed by atoms with Crippen molar-refractivity contribution in [3.05, 3.63) is 0 Å². The Hall–Kier alpha value is -0.240. The molecule has 0 aromatic heterocycles. The summed E-state index contributed by atoms with van der Waals surface area (Å²) in [6.45, 7) is 3.24. The molecule has 6 heteroatoms. The van der Waals surface area contributed by atoms with Crippen LogP contribution in [0.15, 0.2) is 0 Å². The molecule has 2 heterocycles. The van der Waals surface area contributed by atoms with Crippen molar-refractivity contribution in [3.63, 3.8) is 0 Å². The molecule has 0 aromatic carbocycles. The van der Waals surface area contributed by atoms with E-state index in [0.29, 0.717) is 0 Å². The normalized spacial score (nSPS) is 46.7. The van der Waals surface area contributed by atoms with Crippen LogP contribution in [0.2, 0.25) is 0 Å². The first-order valence-corrected chi connectivity index (χ1v) is 5.31. The summed E-state index contributed by atoms with van der Waals surface area (Å²) in [5.74, 6) is -0.777. The zero-order valence-corrected chi connectivity index (χ0v) is 9.62. The van der Waals surface area contributed by atoms with Gasteiger partial charge in [-0.05, 0) is 13.8 Å². The van der Waals surface area contributed by atoms with Gasteiger partial charge >= 0.3 is 0 Å². The Bertz CT molecular complexity index is 256. The van der Waals surface area contributed by atoms with Crippen molar-refractivity contribution < 1.29 is 29.2 Å². The molecular formula is C10H18O6. The van der Waals surface area contributed by atoms with Crippen molar-refractivity contribution in [2.24, 2.45) is 0 Å². The summed E-state index contributed by atoms with van der Waals surface area (Å²) in [5.41, 5.74) is 0. The fraction of sp³-hybridized carbons (Fsp3) is 1.00. The first kappa shape index (κ1) is 12.2. The molecule has 0 aromatic rings. The van der Waals surface area contributed by atoms with Crippen molar-refractivity contribution in [1.82, 2.24) is 0 Å². The van der Waals surface area contributed by atoms with Crippen molar-refractivity contribution in [3.8, 4) is 0 Å². The minimum absolute atomic E-state index is 0.284. The average Bonchev–Trinajstić information content (AvgIpc) is 2.55. The lowest BCUT2D eigenvalue weighted by atomic mass is 9.99. The molecule has 0 aliphatic carbocycles. The number of aliphatic hydroxyl groups excluding tert-OH is 2. The summed E-state index contributed by atoms with van der Waals surface area (Å²) in [4.78, 5) is 0. The van der Waals surface area contributed by atoms with E-state index in [-0.39, 0.29) is 6.61 Å². The molecule has 0 spiro atoms. The highest BCUT2D eigenvalue weighted by molar-refractivity contribution is 4.95. The van der Waals surface area contributed by atoms with Crippen LogP contribution < -0.4 is 0 Å². The Morgan fingerprint density at radius 3 is 2.44 bits per heavy atom. The number of hydrogen-bond donors (Lipinski definition) is 2. The second kappa shape index (κ2) is 4.21. The molecule has 0 radical (unpaired) electrons. The van der Waals surface area contributed by atoms with E-state index in [0.717, 1.165) is 0 Å². The molecule has 2 saturated heterocycles. The van der Waals surface area contributed by atoms with Crippen molar-refractivity contribution >= 4 is 0 Å². The molecular weight excluding hydrogens is 216 g/mol. The Labute approximate surface area is 94.1 Å². The summed E-state index contributed by atoms with van der Waals surface area (Å²) in [6.07, 6.45) is -3.26. The van der Waals surface area contributed by atoms with Gasteiger partial charge in [0.1, 0.15) is 24.4 Å². The van der Waals surface area contributed by atoms with Crippen LogP contribution in [0.4, 0.5) is 0 Å². The zero-order chi connectivity index (χ0) is 11.9. The van der Waals surface area contributed by atoms with Crippen LogP contribution >= 0.6 is 0 Å². The van der Waals surface area contributed by atoms with Gasteiger partial charge in [0, 0.05) is 7.11 Å². The van der Waals surface area contributed by atoms with Crippen LogP contribution in [-0.4, -0.2) is 60.4 Å². The van der Waals surface area contributed by atoms with E-state index in [1.165, 1.54) is 7.11 Å². The smallest absolute Gasteiger partial charge is 0.186 e. The summed E-state index contributed by atoms with van der Waals surface area (Å²) in [5, 5.41) is 19.0. The first-order valence-electron chi connectivity index (χ1n) is 5.31. The molecule has 2 unspecified atom stereocenters. The lowest BCUT2D eigenvalue weighted by molar-refractivity contribution is -0.272. The fourth-order valence-electron chi connectivity index (χ4n) is 2.17. The van der Waals surface area contributed by atoms with E-state index >= 15 is 0 Å². The van der Waals surface area contributed by atoms with Gasteiger partial charge in [-0.1, -0.05) is 0 Å². The molecule has 0 bridgehead atoms. The summed E-state index contributed by atoms with van der Waals surface area (Å²) >= 11 is 0. The highest BCUT2D eigenvalue weighted by Crippen LogP contribution is 2.37. The topological polar surface area (TPSA) is 77.4 Å². The Morgan fingerprint density at radius 1 is 1.25 bits per heavy atom. The Kier molecular flexibility index (Phi) is 3.22. The predicted octanol–water partition coefficient (Wildman–Crippen LogP) is -0.769. The standard InChI is InChI=1S/C10H18O6/c1-10(2)15-7-6(12)5(4-11)14-9(13-3)8(7)16-10/h5-9,11-12H,4H2,1-3H3/t5?,6-,7?,8+,9+/m1/s1. The van der Waals surface area contributed by atoms with Gasteiger partial charge in [-0.15, -0.1) is 0 Å². The minimum Gasteiger partial charge on any atom is -0.394 e. The second-order valence-electron chi connectivity index (χ2n) is 4.52. The maximum absolute atomic E-state index is 9.94. The lowest BCUT2D eigenvalue weighted by Gasteiger charge is -2.38. The molecule has 2 rings (SSSR count). The number of methoxy groups -OCH3 is 1. The number of aliphatic hydroxyl groups is 2. The lowest BCUT2D eigenvalue weighted by Crippen LogP contribution is -2.57. The van der Waals surface area contributed by atoms with Crippen LogP contribution in [0.3, 0.4) is 0 Å². The van der Waals surface area contributed by atoms with Crippen molar-refractivity contribution in [1.29, 1.82) is 0 Å². The minimum atomic E-state index is -0.914. The quantitative estimate of drug-likeness (QED) is 0.653. The van der Waals surface area contributed by atoms with Crippen molar-refractivity contribution in [2.45, 2.75) is 50.3 Å². The van der Waals surface area contributed by atoms with E-state index < -0.39 is 36.5 Å². The number of ether oxygens (including phenoxy) is 4. The predicted molar refractivity (Wildman–Crippen MR) is 52.6 cm³/mol. The maximum atomic E-state index is 9.94. The van der Waals surface area contributed by atoms with Gasteiger partial charge in [-0.3, -0.25) is 0 Å². The molecule has 16 heavy (non-hydrogen) atoms. The third kappa shape index (κ3) is 1.97. The highest BCUT2D eigenvalue weighted by atomic mass is 16.8. The maximum Gasteiger partial charge on any atom is 0.186 e. The summed E-state index contributed by atoms with van der Waals surface area (Å²) in [7, 11) is 1.49. The Morgan fingerprint density at radius 2 is 1.88 bits per heavy atom. The van der Waals surface area contributed by atoms with E-state index in [1.54, 1.807) is 13.8 Å². The monoisotopic (exact) mass is 234 g/mol. The van der Waals surface area contributed by atoms with Gasteiger partial charge in [0.05, 0.1) is 6.61 Å². The van der Waals surface area contributed by atoms with Gasteiger partial charge in [0.25, 0.3) is 0 Å². The van der Waals surface area contributed by atoms with Crippen LogP contribution in [0.5, 0.6) is 0 Å². The molecule has 2 aliphatic heterocycles. The summed E-state index contributed by atoms with van der Waals surface area (Å²) in [6, 6.07) is 0. The number of rotatable bonds is 2.